The summed E-state index contributed by atoms with van der Waals surface area (Å²) in [5, 5.41) is 12.0. The quantitative estimate of drug-likeness (QED) is 0.499. The smallest absolute Gasteiger partial charge is 0.333 e. The van der Waals surface area contributed by atoms with E-state index < -0.39 is 17.9 Å². The molecule has 0 spiro atoms. The van der Waals surface area contributed by atoms with Gasteiger partial charge in [-0.2, -0.15) is 0 Å². The zero-order valence-corrected chi connectivity index (χ0v) is 18.4. The molecule has 2 rings (SSSR count). The SMILES string of the molecule is CCCCCNC(=O)N(C)c1cc(-c2ccc(C[C@H](OCC)C(=O)O)cc2)ccc1F. The number of hydrogen-bond acceptors (Lipinski definition) is 3. The number of carbonyl (C=O) groups is 2. The number of halogens is 1. The third-order valence-electron chi connectivity index (χ3n) is 5.02. The number of carbonyl (C=O) groups excluding carboxylic acids is 1. The monoisotopic (exact) mass is 430 g/mol. The number of carboxylic acids is 1. The first-order valence-electron chi connectivity index (χ1n) is 10.6. The number of benzene rings is 2. The van der Waals surface area contributed by atoms with E-state index in [4.69, 9.17) is 4.74 Å². The second-order valence-corrected chi connectivity index (χ2v) is 7.35. The van der Waals surface area contributed by atoms with Crippen molar-refractivity contribution in [3.63, 3.8) is 0 Å². The van der Waals surface area contributed by atoms with Crippen molar-refractivity contribution < 1.29 is 23.8 Å². The molecule has 2 aromatic rings. The summed E-state index contributed by atoms with van der Waals surface area (Å²) in [5.74, 6) is -1.47. The second-order valence-electron chi connectivity index (χ2n) is 7.35. The number of rotatable bonds is 11. The molecule has 31 heavy (non-hydrogen) atoms. The number of hydrogen-bond donors (Lipinski definition) is 2. The highest BCUT2D eigenvalue weighted by Gasteiger charge is 2.18. The minimum Gasteiger partial charge on any atom is -0.479 e. The molecule has 0 saturated heterocycles. The second kappa shape index (κ2) is 12.1. The number of amides is 2. The lowest BCUT2D eigenvalue weighted by atomic mass is 10.0. The summed E-state index contributed by atoms with van der Waals surface area (Å²) in [6.07, 6.45) is 2.35. The molecule has 2 aromatic carbocycles. The van der Waals surface area contributed by atoms with Crippen molar-refractivity contribution in [2.24, 2.45) is 0 Å². The molecule has 2 amide bonds. The van der Waals surface area contributed by atoms with Crippen LogP contribution in [0.25, 0.3) is 11.1 Å². The summed E-state index contributed by atoms with van der Waals surface area (Å²) in [4.78, 5) is 24.9. The van der Waals surface area contributed by atoms with Gasteiger partial charge in [-0.1, -0.05) is 50.1 Å². The number of nitrogens with zero attached hydrogens (tertiary/aromatic N) is 1. The predicted molar refractivity (Wildman–Crippen MR) is 120 cm³/mol. The Bertz CT molecular complexity index is 870. The van der Waals surface area contributed by atoms with Crippen LogP contribution in [0.2, 0.25) is 0 Å². The molecule has 168 valence electrons. The Morgan fingerprint density at radius 1 is 1.10 bits per heavy atom. The van der Waals surface area contributed by atoms with Gasteiger partial charge in [0.15, 0.2) is 6.10 Å². The van der Waals surface area contributed by atoms with E-state index in [0.29, 0.717) is 13.2 Å². The van der Waals surface area contributed by atoms with Gasteiger partial charge in [0.2, 0.25) is 0 Å². The average Bonchev–Trinajstić information content (AvgIpc) is 2.76. The van der Waals surface area contributed by atoms with Gasteiger partial charge in [-0.05, 0) is 42.2 Å². The molecule has 0 saturated carbocycles. The highest BCUT2D eigenvalue weighted by atomic mass is 19.1. The van der Waals surface area contributed by atoms with Crippen LogP contribution in [-0.4, -0.2) is 43.4 Å². The molecular formula is C24H31FN2O4. The Balaban J connectivity index is 2.13. The molecule has 0 fully saturated rings. The van der Waals surface area contributed by atoms with Crippen molar-refractivity contribution in [3.8, 4) is 11.1 Å². The molecular weight excluding hydrogens is 399 g/mol. The van der Waals surface area contributed by atoms with Gasteiger partial charge >= 0.3 is 12.0 Å². The number of aliphatic carboxylic acids is 1. The standard InChI is InChI=1S/C24H31FN2O4/c1-4-6-7-14-26-24(30)27(3)21-16-19(12-13-20(21)25)18-10-8-17(9-11-18)15-22(23(28)29)31-5-2/h8-13,16,22H,4-7,14-15H2,1-3H3,(H,26,30)(H,28,29)/t22-/m0/s1. The van der Waals surface area contributed by atoms with E-state index in [1.54, 1.807) is 26.1 Å². The summed E-state index contributed by atoms with van der Waals surface area (Å²) in [7, 11) is 1.54. The van der Waals surface area contributed by atoms with E-state index in [0.717, 1.165) is 36.0 Å². The van der Waals surface area contributed by atoms with E-state index in [2.05, 4.69) is 12.2 Å². The maximum Gasteiger partial charge on any atom is 0.333 e. The minimum atomic E-state index is -0.995. The number of carboxylic acid groups (broad SMARTS) is 1. The minimum absolute atomic E-state index is 0.192. The van der Waals surface area contributed by atoms with Crippen molar-refractivity contribution in [2.75, 3.05) is 25.1 Å². The molecule has 0 aliphatic rings. The Hall–Kier alpha value is -2.93. The predicted octanol–water partition coefficient (Wildman–Crippen LogP) is 4.86. The molecule has 7 heteroatoms. The molecule has 6 nitrogen and oxygen atoms in total. The van der Waals surface area contributed by atoms with E-state index in [-0.39, 0.29) is 18.1 Å². The van der Waals surface area contributed by atoms with E-state index in [1.165, 1.54) is 11.0 Å². The molecule has 2 N–H and O–H groups in total. The molecule has 0 bridgehead atoms. The summed E-state index contributed by atoms with van der Waals surface area (Å²) >= 11 is 0. The molecule has 0 unspecified atom stereocenters. The number of urea groups is 1. The van der Waals surface area contributed by atoms with Crippen LogP contribution in [0, 0.1) is 5.82 Å². The van der Waals surface area contributed by atoms with Crippen molar-refractivity contribution >= 4 is 17.7 Å². The summed E-state index contributed by atoms with van der Waals surface area (Å²) in [5.41, 5.74) is 2.62. The fraction of sp³-hybridized carbons (Fsp3) is 0.417. The van der Waals surface area contributed by atoms with Gasteiger partial charge in [0.05, 0.1) is 5.69 Å². The van der Waals surface area contributed by atoms with Gasteiger partial charge in [-0.3, -0.25) is 4.90 Å². The van der Waals surface area contributed by atoms with E-state index in [1.807, 2.05) is 24.3 Å². The third-order valence-corrected chi connectivity index (χ3v) is 5.02. The van der Waals surface area contributed by atoms with E-state index >= 15 is 0 Å². The molecule has 0 aromatic heterocycles. The molecule has 0 heterocycles. The van der Waals surface area contributed by atoms with Crippen LogP contribution in [0.3, 0.4) is 0 Å². The lowest BCUT2D eigenvalue weighted by Crippen LogP contribution is -2.38. The number of anilines is 1. The van der Waals surface area contributed by atoms with Gasteiger partial charge in [0.25, 0.3) is 0 Å². The normalized spacial score (nSPS) is 11.7. The summed E-state index contributed by atoms with van der Waals surface area (Å²) in [6.45, 7) is 4.73. The Morgan fingerprint density at radius 2 is 1.77 bits per heavy atom. The van der Waals surface area contributed by atoms with Gasteiger partial charge in [-0.15, -0.1) is 0 Å². The average molecular weight is 431 g/mol. The van der Waals surface area contributed by atoms with Crippen LogP contribution < -0.4 is 10.2 Å². The van der Waals surface area contributed by atoms with Crippen LogP contribution in [0.4, 0.5) is 14.9 Å². The third kappa shape index (κ3) is 7.07. The van der Waals surface area contributed by atoms with Crippen molar-refractivity contribution in [1.29, 1.82) is 0 Å². The zero-order valence-electron chi connectivity index (χ0n) is 18.4. The molecule has 1 atom stereocenters. The topological polar surface area (TPSA) is 78.9 Å². The number of unbranched alkanes of at least 4 members (excludes halogenated alkanes) is 2. The molecule has 0 aliphatic heterocycles. The van der Waals surface area contributed by atoms with Gasteiger partial charge in [0.1, 0.15) is 5.82 Å². The van der Waals surface area contributed by atoms with Crippen LogP contribution in [0.1, 0.15) is 38.7 Å². The molecule has 0 radical (unpaired) electrons. The maximum absolute atomic E-state index is 14.4. The van der Waals surface area contributed by atoms with Gasteiger partial charge in [-0.25, -0.2) is 14.0 Å². The largest absolute Gasteiger partial charge is 0.479 e. The van der Waals surface area contributed by atoms with Gasteiger partial charge < -0.3 is 15.2 Å². The summed E-state index contributed by atoms with van der Waals surface area (Å²) in [6, 6.07) is 11.6. The Labute approximate surface area is 183 Å². The van der Waals surface area contributed by atoms with Crippen LogP contribution in [0.15, 0.2) is 42.5 Å². The first-order chi connectivity index (χ1) is 14.9. The molecule has 0 aliphatic carbocycles. The lowest BCUT2D eigenvalue weighted by molar-refractivity contribution is -0.149. The number of ether oxygens (including phenoxy) is 1. The van der Waals surface area contributed by atoms with Crippen LogP contribution in [-0.2, 0) is 16.0 Å². The fourth-order valence-corrected chi connectivity index (χ4v) is 3.21. The first-order valence-corrected chi connectivity index (χ1v) is 10.6. The maximum atomic E-state index is 14.4. The summed E-state index contributed by atoms with van der Waals surface area (Å²) < 4.78 is 19.7. The van der Waals surface area contributed by atoms with E-state index in [9.17, 15) is 19.1 Å². The van der Waals surface area contributed by atoms with Gasteiger partial charge in [0, 0.05) is 26.6 Å². The lowest BCUT2D eigenvalue weighted by Gasteiger charge is -2.20. The zero-order chi connectivity index (χ0) is 22.8. The van der Waals surface area contributed by atoms with Crippen molar-refractivity contribution in [2.45, 2.75) is 45.6 Å². The first kappa shape index (κ1) is 24.3. The van der Waals surface area contributed by atoms with Crippen LogP contribution in [0.5, 0.6) is 0 Å². The fourth-order valence-electron chi connectivity index (χ4n) is 3.21. The van der Waals surface area contributed by atoms with Crippen molar-refractivity contribution in [3.05, 3.63) is 53.8 Å². The Kier molecular flexibility index (Phi) is 9.46. The van der Waals surface area contributed by atoms with Crippen molar-refractivity contribution in [1.82, 2.24) is 5.32 Å². The van der Waals surface area contributed by atoms with Crippen LogP contribution >= 0.6 is 0 Å². The number of nitrogens with one attached hydrogen (secondary N) is 1. The highest BCUT2D eigenvalue weighted by molar-refractivity contribution is 5.92. The Morgan fingerprint density at radius 3 is 2.39 bits per heavy atom. The highest BCUT2D eigenvalue weighted by Crippen LogP contribution is 2.27.